The zero-order valence-corrected chi connectivity index (χ0v) is 67.2. The molecule has 6 heterocycles. The number of unbranched alkanes of at least 4 members (excludes halogenated alkanes) is 1. The molecule has 10 amide bonds. The van der Waals surface area contributed by atoms with Gasteiger partial charge in [-0.15, -0.1) is 0 Å². The number of carbonyl (C=O) groups excluding carboxylic acids is 11. The fourth-order valence-electron chi connectivity index (χ4n) is 15.8. The monoisotopic (exact) mass is 1690 g/mol. The summed E-state index contributed by atoms with van der Waals surface area (Å²) < 4.78 is 18.1. The number of esters is 1. The lowest BCUT2D eigenvalue weighted by atomic mass is 9.77. The smallest absolute Gasteiger partial charge is 0.340 e. The number of aliphatic carboxylic acids is 3. The lowest BCUT2D eigenvalue weighted by Gasteiger charge is -2.39. The molecular weight excluding hydrogens is 1600 g/mol. The summed E-state index contributed by atoms with van der Waals surface area (Å²) in [5, 5.41) is 83.6. The number of phenols is 2. The van der Waals surface area contributed by atoms with E-state index >= 15 is 4.79 Å². The van der Waals surface area contributed by atoms with Crippen LogP contribution in [0.15, 0.2) is 114 Å². The molecule has 4 saturated heterocycles. The van der Waals surface area contributed by atoms with Crippen molar-refractivity contribution in [2.24, 2.45) is 10.9 Å². The van der Waals surface area contributed by atoms with Gasteiger partial charge in [0.1, 0.15) is 95.8 Å². The van der Waals surface area contributed by atoms with Crippen LogP contribution in [-0.2, 0) is 84.1 Å². The van der Waals surface area contributed by atoms with Gasteiger partial charge in [0.25, 0.3) is 0 Å². The van der Waals surface area contributed by atoms with Crippen LogP contribution >= 0.6 is 12.2 Å². The second-order valence-corrected chi connectivity index (χ2v) is 30.9. The number of hydrogen-bond acceptors (Lipinski definition) is 23. The number of fused-ring (bicyclic) bond motifs is 6. The van der Waals surface area contributed by atoms with Crippen LogP contribution in [0.2, 0.25) is 0 Å². The van der Waals surface area contributed by atoms with E-state index in [-0.39, 0.29) is 104 Å². The van der Waals surface area contributed by atoms with E-state index in [1.165, 1.54) is 54.1 Å². The Morgan fingerprint density at radius 2 is 1.20 bits per heavy atom. The molecule has 0 radical (unpaired) electrons. The van der Waals surface area contributed by atoms with Gasteiger partial charge < -0.3 is 112 Å². The van der Waals surface area contributed by atoms with E-state index in [1.54, 1.807) is 54.6 Å². The molecule has 1 spiro atoms. The molecular formula is C83H97N13O24S. The highest BCUT2D eigenvalue weighted by atomic mass is 32.1. The molecule has 0 aromatic heterocycles. The van der Waals surface area contributed by atoms with Crippen LogP contribution in [0.4, 0.5) is 5.69 Å². The molecule has 644 valence electrons. The minimum atomic E-state index is -1.77. The summed E-state index contributed by atoms with van der Waals surface area (Å²) in [6, 6.07) is 17.0. The first kappa shape index (κ1) is 88.8. The zero-order valence-electron chi connectivity index (χ0n) is 66.3. The highest BCUT2D eigenvalue weighted by Crippen LogP contribution is 2.57. The van der Waals surface area contributed by atoms with Crippen molar-refractivity contribution < 1.29 is 117 Å². The Labute approximate surface area is 699 Å². The molecule has 5 aromatic rings. The average molecular weight is 1690 g/mol. The number of carbonyl (C=O) groups is 14. The lowest BCUT2D eigenvalue weighted by molar-refractivity contribution is -0.151. The van der Waals surface area contributed by atoms with Crippen molar-refractivity contribution in [2.75, 3.05) is 38.0 Å². The standard InChI is InChI=1S/C83H97N13O24S/c1-45(78(113)95-35-9-7-14-63(95)80(115)96-43-53(120-86-42-47-18-23-52(24-19-47)117-44-48-12-4-3-5-13-48)41-64(96)76(111)90-59(29-32-69(103)104)73(108)89-58(72(84)107)28-31-68(101)102)87-77(112)71(46(2)97)92-75(110)62-16-11-37-94(62)79(114)60(30-33-70(105)106)91-74(109)61-15-10-36-93(61)67(100)17-6-8-34-85-82(121)88-49-20-25-54-57(38-49)83(119-81(54)116)55-26-21-50(98)39-65(55)118-66-40-51(99)22-27-56(66)83/h3-5,12-13,18-27,38-40,42,45-46,53,58-64,71,97-99H,6-11,14-17,28-37,41,43-44H2,1-2H3,(H2,84,107)(H,87,112)(H,89,108)(H,90,111)(H,91,109)(H,92,110)(H,101,102)(H,103,104)(H,105,106)(H2,85,88,121)/b86-42-/t45-,46+,53+,58-,59-,60-,61-,62-,63?,64-,71-/m0/s1. The molecule has 0 saturated carbocycles. The van der Waals surface area contributed by atoms with Crippen molar-refractivity contribution in [3.63, 3.8) is 0 Å². The van der Waals surface area contributed by atoms with E-state index in [9.17, 15) is 93.0 Å². The van der Waals surface area contributed by atoms with Crippen molar-refractivity contribution in [3.8, 4) is 28.7 Å². The number of nitrogens with two attached hydrogens (primary N) is 1. The maximum Gasteiger partial charge on any atom is 0.340 e. The summed E-state index contributed by atoms with van der Waals surface area (Å²) >= 11 is 5.64. The van der Waals surface area contributed by atoms with Crippen LogP contribution in [0.25, 0.3) is 0 Å². The predicted molar refractivity (Wildman–Crippen MR) is 432 cm³/mol. The third-order valence-electron chi connectivity index (χ3n) is 21.9. The number of primary amides is 1. The van der Waals surface area contributed by atoms with Crippen LogP contribution in [0.5, 0.6) is 28.7 Å². The quantitative estimate of drug-likeness (QED) is 0.00901. The number of aromatic hydroxyl groups is 2. The summed E-state index contributed by atoms with van der Waals surface area (Å²) in [5.41, 5.74) is 7.56. The van der Waals surface area contributed by atoms with Crippen molar-refractivity contribution in [3.05, 3.63) is 143 Å². The van der Waals surface area contributed by atoms with Gasteiger partial charge in [0, 0.05) is 92.8 Å². The Hall–Kier alpha value is -13.0. The van der Waals surface area contributed by atoms with Gasteiger partial charge in [-0.25, -0.2) is 4.79 Å². The van der Waals surface area contributed by atoms with E-state index in [0.29, 0.717) is 78.9 Å². The van der Waals surface area contributed by atoms with Crippen LogP contribution in [0.1, 0.15) is 161 Å². The molecule has 6 aliphatic heterocycles. The summed E-state index contributed by atoms with van der Waals surface area (Å²) in [6.07, 6.45) is -2.27. The van der Waals surface area contributed by atoms with Gasteiger partial charge in [0.15, 0.2) is 10.7 Å². The van der Waals surface area contributed by atoms with Crippen LogP contribution in [0.3, 0.4) is 0 Å². The molecule has 1 unspecified atom stereocenters. The lowest BCUT2D eigenvalue weighted by Crippen LogP contribution is -2.62. The SMILES string of the molecule is C[C@H](NC(=O)[C@@H](NC(=O)[C@@H]1CCCN1C(=O)[C@H](CCC(=O)O)NC(=O)[C@@H]1CCCN1C(=O)CCCCNC(=S)Nc1ccc2c(c1)C1(OC2=O)c2ccc(O)cc2Oc2cc(O)ccc21)[C@@H](C)O)C(=O)N1CCCCC1C(=O)N1C[C@H](O/N=C\c2ccc(OCc3ccccc3)cc2)C[C@H]1C(=O)N[C@@H](CCC(=O)O)C(=O)N[C@@H](CCC(=O)O)C(N)=O. The highest BCUT2D eigenvalue weighted by Gasteiger charge is 2.55. The summed E-state index contributed by atoms with van der Waals surface area (Å²) in [6.45, 7) is 2.92. The van der Waals surface area contributed by atoms with E-state index in [0.717, 1.165) is 15.4 Å². The summed E-state index contributed by atoms with van der Waals surface area (Å²) in [4.78, 5) is 201. The molecule has 0 aliphatic carbocycles. The van der Waals surface area contributed by atoms with Gasteiger partial charge in [-0.2, -0.15) is 0 Å². The van der Waals surface area contributed by atoms with Gasteiger partial charge in [0.05, 0.1) is 24.4 Å². The third kappa shape index (κ3) is 21.9. The Bertz CT molecular complexity index is 4750. The number of aliphatic hydroxyl groups is 1. The minimum Gasteiger partial charge on any atom is -0.508 e. The molecule has 37 nitrogen and oxygen atoms in total. The number of nitrogens with one attached hydrogen (secondary N) is 7. The number of aliphatic hydroxyl groups excluding tert-OH is 1. The molecule has 5 aromatic carbocycles. The summed E-state index contributed by atoms with van der Waals surface area (Å²) in [5.74, 6) is -12.5. The van der Waals surface area contributed by atoms with Gasteiger partial charge in [0.2, 0.25) is 59.1 Å². The first-order chi connectivity index (χ1) is 57.9. The Morgan fingerprint density at radius 1 is 0.612 bits per heavy atom. The number of carboxylic acids is 3. The molecule has 38 heteroatoms. The molecule has 4 fully saturated rings. The number of ether oxygens (including phenoxy) is 3. The predicted octanol–water partition coefficient (Wildman–Crippen LogP) is 2.99. The normalized spacial score (nSPS) is 19.5. The van der Waals surface area contributed by atoms with Gasteiger partial charge in [-0.05, 0) is 181 Å². The fraction of sp³-hybridized carbons (Fsp3) is 0.446. The van der Waals surface area contributed by atoms with E-state index in [1.807, 2.05) is 30.3 Å². The average Bonchev–Trinajstić information content (AvgIpc) is 1.58. The van der Waals surface area contributed by atoms with Crippen molar-refractivity contribution in [1.82, 2.24) is 51.5 Å². The molecule has 15 N–H and O–H groups in total. The topological polar surface area (TPSA) is 533 Å². The maximum absolute atomic E-state index is 15.2. The number of carboxylic acid groups (broad SMARTS) is 3. The highest BCUT2D eigenvalue weighted by molar-refractivity contribution is 7.80. The minimum absolute atomic E-state index is 0.0190. The van der Waals surface area contributed by atoms with E-state index < -0.39 is 188 Å². The first-order valence-corrected chi connectivity index (χ1v) is 40.4. The molecule has 0 bridgehead atoms. The first-order valence-electron chi connectivity index (χ1n) is 40.0. The third-order valence-corrected chi connectivity index (χ3v) is 22.2. The number of nitrogens with zero attached hydrogens (tertiary/aromatic N) is 5. The van der Waals surface area contributed by atoms with Crippen LogP contribution in [0, 0.1) is 0 Å². The Morgan fingerprint density at radius 3 is 1.84 bits per heavy atom. The number of hydrogen-bond donors (Lipinski definition) is 14. The number of rotatable bonds is 36. The number of piperidine rings is 1. The number of likely N-dealkylation sites (tertiary alicyclic amines) is 4. The maximum atomic E-state index is 15.2. The number of benzene rings is 5. The second-order valence-electron chi connectivity index (χ2n) is 30.5. The van der Waals surface area contributed by atoms with Gasteiger partial charge >= 0.3 is 23.9 Å². The number of oxime groups is 1. The van der Waals surface area contributed by atoms with Crippen molar-refractivity contribution in [1.29, 1.82) is 0 Å². The number of phenolic OH excluding ortho intramolecular Hbond substituents is 2. The largest absolute Gasteiger partial charge is 0.508 e. The molecule has 11 atom stereocenters. The number of anilines is 1. The second kappa shape index (κ2) is 40.2. The van der Waals surface area contributed by atoms with Crippen molar-refractivity contribution >= 4 is 112 Å². The zero-order chi connectivity index (χ0) is 86.9. The van der Waals surface area contributed by atoms with E-state index in [2.05, 4.69) is 42.4 Å². The van der Waals surface area contributed by atoms with E-state index in [4.69, 9.17) is 37.0 Å². The molecule has 11 rings (SSSR count). The molecule has 121 heavy (non-hydrogen) atoms. The van der Waals surface area contributed by atoms with Gasteiger partial charge in [-0.1, -0.05) is 35.5 Å². The van der Waals surface area contributed by atoms with Crippen LogP contribution in [-0.4, -0.2) is 244 Å². The number of amides is 10. The van der Waals surface area contributed by atoms with Crippen LogP contribution < -0.4 is 52.4 Å². The number of thiocarbonyl (C=S) groups is 1. The van der Waals surface area contributed by atoms with Crippen molar-refractivity contribution in [2.45, 2.75) is 202 Å². The van der Waals surface area contributed by atoms with Gasteiger partial charge in [-0.3, -0.25) is 62.3 Å². The Balaban J connectivity index is 0.689. The fourth-order valence-corrected chi connectivity index (χ4v) is 16.0. The molecule has 6 aliphatic rings. The Kier molecular flexibility index (Phi) is 29.5. The summed E-state index contributed by atoms with van der Waals surface area (Å²) in [7, 11) is 0.